The third-order valence-corrected chi connectivity index (χ3v) is 5.08. The first-order chi connectivity index (χ1) is 11.1. The molecule has 1 heterocycles. The molecule has 0 aromatic heterocycles. The zero-order valence-electron chi connectivity index (χ0n) is 14.2. The molecule has 23 heavy (non-hydrogen) atoms. The average molecular weight is 313 g/mol. The lowest BCUT2D eigenvalue weighted by atomic mass is 9.91. The quantitative estimate of drug-likeness (QED) is 0.846. The topological polar surface area (TPSA) is 49.6 Å². The second-order valence-electron chi connectivity index (χ2n) is 6.92. The molecule has 1 saturated heterocycles. The molecule has 0 saturated carbocycles. The van der Waals surface area contributed by atoms with Crippen LogP contribution >= 0.6 is 0 Å². The third-order valence-electron chi connectivity index (χ3n) is 5.08. The minimum Gasteiger partial charge on any atom is -0.398 e. The van der Waals surface area contributed by atoms with Crippen LogP contribution in [0.2, 0.25) is 0 Å². The normalized spacial score (nSPS) is 20.4. The van der Waals surface area contributed by atoms with Crippen LogP contribution in [0.1, 0.15) is 49.1 Å². The van der Waals surface area contributed by atoms with Gasteiger partial charge in [0.15, 0.2) is 0 Å². The predicted octanol–water partition coefficient (Wildman–Crippen LogP) is 3.70. The Kier molecular flexibility index (Phi) is 4.60. The molecule has 1 fully saturated rings. The fourth-order valence-electron chi connectivity index (χ4n) is 3.74. The number of carbonyl (C=O) groups is 1. The summed E-state index contributed by atoms with van der Waals surface area (Å²) in [6.45, 7) is 1.54. The van der Waals surface area contributed by atoms with Crippen LogP contribution in [0.15, 0.2) is 24.3 Å². The molecule has 4 nitrogen and oxygen atoms in total. The number of hydrogen-bond donors (Lipinski definition) is 1. The number of hydrogen-bond acceptors (Lipinski definition) is 2. The van der Waals surface area contributed by atoms with E-state index in [9.17, 15) is 4.79 Å². The second kappa shape index (κ2) is 6.65. The summed E-state index contributed by atoms with van der Waals surface area (Å²) < 4.78 is 0. The van der Waals surface area contributed by atoms with Crippen molar-refractivity contribution in [2.24, 2.45) is 0 Å². The molecule has 124 valence electrons. The Morgan fingerprint density at radius 3 is 2.57 bits per heavy atom. The van der Waals surface area contributed by atoms with Crippen molar-refractivity contribution in [3.63, 3.8) is 0 Å². The highest BCUT2D eigenvalue weighted by molar-refractivity contribution is 5.77. The van der Waals surface area contributed by atoms with Gasteiger partial charge >= 0.3 is 6.03 Å². The van der Waals surface area contributed by atoms with Crippen molar-refractivity contribution in [2.75, 3.05) is 32.9 Å². The molecule has 1 aromatic rings. The van der Waals surface area contributed by atoms with E-state index in [1.54, 1.807) is 9.80 Å². The van der Waals surface area contributed by atoms with E-state index < -0.39 is 0 Å². The van der Waals surface area contributed by atoms with E-state index >= 15 is 0 Å². The van der Waals surface area contributed by atoms with Gasteiger partial charge in [0.05, 0.1) is 0 Å². The Morgan fingerprint density at radius 1 is 1.09 bits per heavy atom. The number of carbonyl (C=O) groups excluding carboxylic acids is 1. The summed E-state index contributed by atoms with van der Waals surface area (Å²) in [5.74, 6) is 0.341. The number of likely N-dealkylation sites (N-methyl/N-ethyl adjacent to an activating group) is 2. The number of benzene rings is 1. The van der Waals surface area contributed by atoms with Crippen LogP contribution < -0.4 is 5.73 Å². The maximum atomic E-state index is 11.9. The third kappa shape index (κ3) is 3.36. The number of anilines is 1. The molecule has 2 amide bonds. The Balaban J connectivity index is 1.88. The van der Waals surface area contributed by atoms with Crippen molar-refractivity contribution in [3.05, 3.63) is 35.4 Å². The Labute approximate surface area is 138 Å². The summed E-state index contributed by atoms with van der Waals surface area (Å²) in [6, 6.07) is 6.52. The summed E-state index contributed by atoms with van der Waals surface area (Å²) in [7, 11) is 3.74. The van der Waals surface area contributed by atoms with Crippen molar-refractivity contribution in [3.8, 4) is 0 Å². The van der Waals surface area contributed by atoms with Crippen molar-refractivity contribution in [1.29, 1.82) is 0 Å². The van der Waals surface area contributed by atoms with Gasteiger partial charge in [-0.05, 0) is 49.0 Å². The fraction of sp³-hybridized carbons (Fsp3) is 0.526. The first kappa shape index (κ1) is 15.9. The van der Waals surface area contributed by atoms with Gasteiger partial charge in [-0.25, -0.2) is 4.79 Å². The highest BCUT2D eigenvalue weighted by Crippen LogP contribution is 2.33. The summed E-state index contributed by atoms with van der Waals surface area (Å²) in [4.78, 5) is 15.5. The van der Waals surface area contributed by atoms with Crippen LogP contribution in [-0.2, 0) is 0 Å². The summed E-state index contributed by atoms with van der Waals surface area (Å²) >= 11 is 0. The van der Waals surface area contributed by atoms with E-state index in [1.165, 1.54) is 36.0 Å². The van der Waals surface area contributed by atoms with E-state index in [2.05, 4.69) is 18.2 Å². The summed E-state index contributed by atoms with van der Waals surface area (Å²) in [5, 5.41) is 0. The average Bonchev–Trinajstić information content (AvgIpc) is 2.82. The predicted molar refractivity (Wildman–Crippen MR) is 95.3 cm³/mol. The minimum absolute atomic E-state index is 0.100. The standard InChI is InChI=1S/C19H27N3O/c1-21-12-16(13-22(2)19(21)23)15-9-10-18(20)17(11-15)14-7-5-3-4-6-8-14/h7,9-11,16H,3-6,8,12-13,20H2,1-2H3. The van der Waals surface area contributed by atoms with Crippen LogP contribution in [0.3, 0.4) is 0 Å². The molecule has 0 unspecified atom stereocenters. The van der Waals surface area contributed by atoms with Gasteiger partial charge in [-0.2, -0.15) is 0 Å². The highest BCUT2D eigenvalue weighted by Gasteiger charge is 2.28. The van der Waals surface area contributed by atoms with Crippen LogP contribution in [-0.4, -0.2) is 43.0 Å². The molecule has 4 heteroatoms. The zero-order valence-corrected chi connectivity index (χ0v) is 14.2. The van der Waals surface area contributed by atoms with E-state index in [0.29, 0.717) is 5.92 Å². The first-order valence-electron chi connectivity index (χ1n) is 8.61. The molecule has 1 aliphatic carbocycles. The van der Waals surface area contributed by atoms with Crippen LogP contribution in [0.4, 0.5) is 10.5 Å². The largest absolute Gasteiger partial charge is 0.398 e. The van der Waals surface area contributed by atoms with E-state index in [0.717, 1.165) is 31.6 Å². The van der Waals surface area contributed by atoms with Crippen molar-refractivity contribution < 1.29 is 4.79 Å². The second-order valence-corrected chi connectivity index (χ2v) is 6.92. The monoisotopic (exact) mass is 313 g/mol. The van der Waals surface area contributed by atoms with Gasteiger partial charge in [-0.15, -0.1) is 0 Å². The maximum absolute atomic E-state index is 11.9. The van der Waals surface area contributed by atoms with Gasteiger partial charge in [-0.1, -0.05) is 18.6 Å². The number of allylic oxidation sites excluding steroid dienone is 2. The van der Waals surface area contributed by atoms with Gasteiger partial charge in [0.2, 0.25) is 0 Å². The van der Waals surface area contributed by atoms with Crippen molar-refractivity contribution in [2.45, 2.75) is 38.0 Å². The highest BCUT2D eigenvalue weighted by atomic mass is 16.2. The lowest BCUT2D eigenvalue weighted by molar-refractivity contribution is 0.144. The van der Waals surface area contributed by atoms with Gasteiger partial charge in [0.1, 0.15) is 0 Å². The first-order valence-corrected chi connectivity index (χ1v) is 8.61. The van der Waals surface area contributed by atoms with E-state index in [4.69, 9.17) is 5.73 Å². The number of nitrogens with zero attached hydrogens (tertiary/aromatic N) is 2. The number of rotatable bonds is 2. The SMILES string of the molecule is CN1CC(c2ccc(N)c(C3=CCCCCC3)c2)CN(C)C1=O. The lowest BCUT2D eigenvalue weighted by Crippen LogP contribution is -2.48. The molecule has 1 aromatic carbocycles. The molecule has 0 radical (unpaired) electrons. The maximum Gasteiger partial charge on any atom is 0.319 e. The van der Waals surface area contributed by atoms with Gasteiger partial charge in [-0.3, -0.25) is 0 Å². The molecule has 0 spiro atoms. The molecule has 2 aliphatic rings. The molecular weight excluding hydrogens is 286 g/mol. The van der Waals surface area contributed by atoms with E-state index in [-0.39, 0.29) is 6.03 Å². The number of urea groups is 1. The number of nitrogens with two attached hydrogens (primary N) is 1. The molecule has 0 atom stereocenters. The summed E-state index contributed by atoms with van der Waals surface area (Å²) in [6.07, 6.45) is 8.48. The van der Waals surface area contributed by atoms with Crippen LogP contribution in [0.5, 0.6) is 0 Å². The van der Waals surface area contributed by atoms with Gasteiger partial charge in [0.25, 0.3) is 0 Å². The van der Waals surface area contributed by atoms with E-state index in [1.807, 2.05) is 20.2 Å². The number of nitrogen functional groups attached to an aromatic ring is 1. The Hall–Kier alpha value is -1.97. The fourth-order valence-corrected chi connectivity index (χ4v) is 3.74. The molecule has 2 N–H and O–H groups in total. The Bertz CT molecular complexity index is 609. The van der Waals surface area contributed by atoms with Gasteiger partial charge in [0, 0.05) is 44.4 Å². The molecule has 3 rings (SSSR count). The molecular formula is C19H27N3O. The van der Waals surface area contributed by atoms with Gasteiger partial charge < -0.3 is 15.5 Å². The zero-order chi connectivity index (χ0) is 16.4. The minimum atomic E-state index is 0.100. The molecule has 1 aliphatic heterocycles. The van der Waals surface area contributed by atoms with Crippen molar-refractivity contribution >= 4 is 17.3 Å². The van der Waals surface area contributed by atoms with Crippen LogP contribution in [0, 0.1) is 0 Å². The van der Waals surface area contributed by atoms with Crippen LogP contribution in [0.25, 0.3) is 5.57 Å². The number of amides is 2. The molecule has 0 bridgehead atoms. The summed E-state index contributed by atoms with van der Waals surface area (Å²) in [5.41, 5.74) is 11.0. The smallest absolute Gasteiger partial charge is 0.319 e. The lowest BCUT2D eigenvalue weighted by Gasteiger charge is -2.36. The Morgan fingerprint density at radius 2 is 1.83 bits per heavy atom. The van der Waals surface area contributed by atoms with Crippen molar-refractivity contribution in [1.82, 2.24) is 9.80 Å².